The van der Waals surface area contributed by atoms with Gasteiger partial charge in [0.25, 0.3) is 0 Å². The number of rotatable bonds is 4. The number of guanidine groups is 1. The number of aliphatic imine (C=N–C) groups is 1. The van der Waals surface area contributed by atoms with Crippen molar-refractivity contribution in [2.24, 2.45) is 4.99 Å². The summed E-state index contributed by atoms with van der Waals surface area (Å²) in [5, 5.41) is 52.1. The first-order valence-corrected chi connectivity index (χ1v) is 11.0. The van der Waals surface area contributed by atoms with Gasteiger partial charge in [0.15, 0.2) is 0 Å². The third kappa shape index (κ3) is 8.89. The molecule has 1 fully saturated rings. The number of carbonyl (C=O) groups is 3. The van der Waals surface area contributed by atoms with Gasteiger partial charge in [-0.3, -0.25) is 10.1 Å². The highest BCUT2D eigenvalue weighted by atomic mass is 16.6. The minimum atomic E-state index is -1.70. The molecule has 5 atom stereocenters. The van der Waals surface area contributed by atoms with Crippen LogP contribution in [0.2, 0.25) is 0 Å². The Bertz CT molecular complexity index is 774. The standard InChI is InChI=1S/C21H38N4O10/c1-20(2,3)34-18(32)22-17(23-19(33)35-21(4,5)6)24(7)8-13(28)25-11(9-26)14(29)16(31)15(30)12(25)10-27/h11-12,14-16,26-27,29-31H,8-10H2,1-7H3,(H,22,23,32,33)/t11-,12-,14-,15+,16+/m1/s1. The van der Waals surface area contributed by atoms with Gasteiger partial charge in [-0.25, -0.2) is 9.59 Å². The summed E-state index contributed by atoms with van der Waals surface area (Å²) in [5.41, 5.74) is -1.77. The summed E-state index contributed by atoms with van der Waals surface area (Å²) < 4.78 is 10.3. The Morgan fingerprint density at radius 1 is 0.886 bits per heavy atom. The zero-order valence-electron chi connectivity index (χ0n) is 21.1. The van der Waals surface area contributed by atoms with Crippen LogP contribution in [0.5, 0.6) is 0 Å². The normalized spacial score (nSPS) is 25.7. The largest absolute Gasteiger partial charge is 0.444 e. The lowest BCUT2D eigenvalue weighted by Gasteiger charge is -2.48. The molecule has 0 bridgehead atoms. The average Bonchev–Trinajstić information content (AvgIpc) is 2.68. The summed E-state index contributed by atoms with van der Waals surface area (Å²) >= 11 is 0. The minimum absolute atomic E-state index is 0.402. The molecule has 1 aliphatic rings. The van der Waals surface area contributed by atoms with Crippen molar-refractivity contribution in [2.45, 2.75) is 83.1 Å². The van der Waals surface area contributed by atoms with Crippen LogP contribution in [0.4, 0.5) is 9.59 Å². The lowest BCUT2D eigenvalue weighted by Crippen LogP contribution is -2.70. The monoisotopic (exact) mass is 506 g/mol. The fourth-order valence-electron chi connectivity index (χ4n) is 3.33. The molecule has 3 amide bonds. The number of ether oxygens (including phenoxy) is 2. The van der Waals surface area contributed by atoms with Gasteiger partial charge in [-0.15, -0.1) is 4.99 Å². The van der Waals surface area contributed by atoms with Crippen molar-refractivity contribution in [1.29, 1.82) is 0 Å². The van der Waals surface area contributed by atoms with E-state index in [0.29, 0.717) is 0 Å². The van der Waals surface area contributed by atoms with Crippen LogP contribution in [0.1, 0.15) is 41.5 Å². The Balaban J connectivity index is 3.21. The number of hydrogen-bond donors (Lipinski definition) is 6. The molecule has 1 aliphatic heterocycles. The number of nitrogens with zero attached hydrogens (tertiary/aromatic N) is 3. The topological polar surface area (TPSA) is 202 Å². The van der Waals surface area contributed by atoms with Crippen LogP contribution in [-0.4, -0.2) is 128 Å². The summed E-state index contributed by atoms with van der Waals surface area (Å²) in [6.07, 6.45) is -7.11. The second kappa shape index (κ2) is 11.9. The maximum absolute atomic E-state index is 13.1. The highest BCUT2D eigenvalue weighted by Crippen LogP contribution is 2.25. The molecule has 0 unspecified atom stereocenters. The van der Waals surface area contributed by atoms with Crippen molar-refractivity contribution in [3.05, 3.63) is 0 Å². The second-order valence-corrected chi connectivity index (χ2v) is 10.2. The number of piperidine rings is 1. The Labute approximate surface area is 204 Å². The van der Waals surface area contributed by atoms with Crippen LogP contribution in [0.15, 0.2) is 4.99 Å². The molecule has 0 aromatic heterocycles. The van der Waals surface area contributed by atoms with Gasteiger partial charge < -0.3 is 44.8 Å². The summed E-state index contributed by atoms with van der Waals surface area (Å²) in [6.45, 7) is 7.57. The lowest BCUT2D eigenvalue weighted by molar-refractivity contribution is -0.187. The number of nitrogens with one attached hydrogen (secondary N) is 1. The van der Waals surface area contributed by atoms with E-state index >= 15 is 0 Å². The molecular formula is C21H38N4O10. The van der Waals surface area contributed by atoms with Crippen molar-refractivity contribution in [3.8, 4) is 0 Å². The van der Waals surface area contributed by atoms with Crippen molar-refractivity contribution < 1.29 is 49.4 Å². The molecule has 14 nitrogen and oxygen atoms in total. The Morgan fingerprint density at radius 3 is 1.74 bits per heavy atom. The zero-order valence-corrected chi connectivity index (χ0v) is 21.1. The van der Waals surface area contributed by atoms with Crippen LogP contribution in [-0.2, 0) is 14.3 Å². The molecule has 0 aromatic carbocycles. The maximum atomic E-state index is 13.1. The smallest absolute Gasteiger partial charge is 0.437 e. The predicted octanol–water partition coefficient (Wildman–Crippen LogP) is -1.62. The first kappa shape index (κ1) is 30.5. The van der Waals surface area contributed by atoms with E-state index in [1.807, 2.05) is 0 Å². The number of likely N-dealkylation sites (N-methyl/N-ethyl adjacent to an activating group) is 1. The Hall–Kier alpha value is -2.52. The molecule has 1 heterocycles. The van der Waals surface area contributed by atoms with Gasteiger partial charge in [0.2, 0.25) is 11.9 Å². The number of amides is 3. The van der Waals surface area contributed by atoms with E-state index < -0.39 is 85.4 Å². The van der Waals surface area contributed by atoms with Gasteiger partial charge in [-0.05, 0) is 41.5 Å². The Kier molecular flexibility index (Phi) is 10.4. The number of aliphatic hydroxyl groups excluding tert-OH is 5. The summed E-state index contributed by atoms with van der Waals surface area (Å²) in [4.78, 5) is 43.3. The highest BCUT2D eigenvalue weighted by molar-refractivity contribution is 6.00. The number of hydrogen-bond acceptors (Lipinski definition) is 10. The van der Waals surface area contributed by atoms with Crippen LogP contribution >= 0.6 is 0 Å². The van der Waals surface area contributed by atoms with Gasteiger partial charge >= 0.3 is 12.2 Å². The zero-order chi connectivity index (χ0) is 27.3. The van der Waals surface area contributed by atoms with Crippen LogP contribution in [0.25, 0.3) is 0 Å². The van der Waals surface area contributed by atoms with E-state index in [1.165, 1.54) is 7.05 Å². The SMILES string of the molecule is CN(CC(=O)N1[C@H](CO)[C@H](O)[C@@H](O)[C@H](O)[C@H]1CO)C(=NC(=O)OC(C)(C)C)NC(=O)OC(C)(C)C. The number of carbonyl (C=O) groups excluding carboxylic acids is 3. The van der Waals surface area contributed by atoms with Crippen molar-refractivity contribution in [2.75, 3.05) is 26.8 Å². The summed E-state index contributed by atoms with van der Waals surface area (Å²) in [6, 6.07) is -2.67. The number of alkyl carbamates (subject to hydrolysis) is 1. The molecule has 0 aliphatic carbocycles. The van der Waals surface area contributed by atoms with E-state index in [1.54, 1.807) is 41.5 Å². The highest BCUT2D eigenvalue weighted by Gasteiger charge is 2.49. The van der Waals surface area contributed by atoms with Crippen LogP contribution in [0, 0.1) is 0 Å². The van der Waals surface area contributed by atoms with Crippen molar-refractivity contribution in [1.82, 2.24) is 15.1 Å². The van der Waals surface area contributed by atoms with Crippen molar-refractivity contribution in [3.63, 3.8) is 0 Å². The molecule has 0 aromatic rings. The van der Waals surface area contributed by atoms with Crippen LogP contribution < -0.4 is 5.32 Å². The third-order valence-corrected chi connectivity index (χ3v) is 4.80. The van der Waals surface area contributed by atoms with Gasteiger partial charge in [0.1, 0.15) is 29.5 Å². The van der Waals surface area contributed by atoms with E-state index in [4.69, 9.17) is 9.47 Å². The number of aliphatic hydroxyl groups is 5. The summed E-state index contributed by atoms with van der Waals surface area (Å²) in [5.74, 6) is -1.22. The van der Waals surface area contributed by atoms with Gasteiger partial charge in [0, 0.05) is 7.05 Å². The molecule has 0 radical (unpaired) electrons. The predicted molar refractivity (Wildman–Crippen MR) is 122 cm³/mol. The van der Waals surface area contributed by atoms with E-state index in [2.05, 4.69) is 10.3 Å². The molecule has 0 spiro atoms. The van der Waals surface area contributed by atoms with Gasteiger partial charge in [-0.1, -0.05) is 0 Å². The maximum Gasteiger partial charge on any atom is 0.437 e. The average molecular weight is 507 g/mol. The fraction of sp³-hybridized carbons (Fsp3) is 0.810. The molecule has 0 saturated carbocycles. The molecule has 14 heteroatoms. The first-order valence-electron chi connectivity index (χ1n) is 11.0. The van der Waals surface area contributed by atoms with Crippen molar-refractivity contribution >= 4 is 24.1 Å². The second-order valence-electron chi connectivity index (χ2n) is 10.2. The van der Waals surface area contributed by atoms with E-state index in [-0.39, 0.29) is 0 Å². The Morgan fingerprint density at radius 2 is 1.34 bits per heavy atom. The molecule has 1 saturated heterocycles. The number of likely N-dealkylation sites (tertiary alicyclic amines) is 1. The molecule has 6 N–H and O–H groups in total. The third-order valence-electron chi connectivity index (χ3n) is 4.80. The minimum Gasteiger partial charge on any atom is -0.444 e. The molecule has 35 heavy (non-hydrogen) atoms. The quantitative estimate of drug-likeness (QED) is 0.189. The van der Waals surface area contributed by atoms with Gasteiger partial charge in [0.05, 0.1) is 31.8 Å². The first-order chi connectivity index (χ1) is 15.9. The molecule has 202 valence electrons. The van der Waals surface area contributed by atoms with Crippen LogP contribution in [0.3, 0.4) is 0 Å². The van der Waals surface area contributed by atoms with E-state index in [9.17, 15) is 39.9 Å². The molecule has 1 rings (SSSR count). The molecular weight excluding hydrogens is 468 g/mol. The van der Waals surface area contributed by atoms with Gasteiger partial charge in [-0.2, -0.15) is 0 Å². The van der Waals surface area contributed by atoms with E-state index in [0.717, 1.165) is 9.80 Å². The lowest BCUT2D eigenvalue weighted by atomic mass is 9.88. The summed E-state index contributed by atoms with van der Waals surface area (Å²) in [7, 11) is 1.31. The fourth-order valence-corrected chi connectivity index (χ4v) is 3.33.